The summed E-state index contributed by atoms with van der Waals surface area (Å²) in [5.41, 5.74) is 0. The fourth-order valence-electron chi connectivity index (χ4n) is 2.76. The molecule has 0 spiro atoms. The van der Waals surface area contributed by atoms with Crippen molar-refractivity contribution in [3.63, 3.8) is 0 Å². The zero-order valence-electron chi connectivity index (χ0n) is 9.80. The lowest BCUT2D eigenvalue weighted by Crippen LogP contribution is -2.57. The minimum Gasteiger partial charge on any atom is -0.381 e. The number of nitrogens with zero attached hydrogens (tertiary/aromatic N) is 1. The first-order chi connectivity index (χ1) is 8.09. The maximum atomic E-state index is 13.2. The van der Waals surface area contributed by atoms with Crippen molar-refractivity contribution in [3.05, 3.63) is 0 Å². The Morgan fingerprint density at radius 1 is 1.12 bits per heavy atom. The normalized spacial score (nSPS) is 27.0. The van der Waals surface area contributed by atoms with Crippen molar-refractivity contribution < 1.29 is 17.9 Å². The molecule has 0 unspecified atom stereocenters. The van der Waals surface area contributed by atoms with Crippen molar-refractivity contribution in [2.24, 2.45) is 5.92 Å². The summed E-state index contributed by atoms with van der Waals surface area (Å²) in [6.07, 6.45) is -3.08. The average molecular weight is 252 g/mol. The van der Waals surface area contributed by atoms with Gasteiger partial charge in [0.05, 0.1) is 0 Å². The molecule has 0 aromatic rings. The third kappa shape index (κ3) is 3.33. The number of alkyl halides is 3. The Morgan fingerprint density at radius 2 is 1.71 bits per heavy atom. The van der Waals surface area contributed by atoms with Gasteiger partial charge in [0, 0.05) is 39.4 Å². The van der Waals surface area contributed by atoms with Crippen molar-refractivity contribution in [1.82, 2.24) is 10.2 Å². The summed E-state index contributed by atoms with van der Waals surface area (Å²) in [6.45, 7) is 3.20. The lowest BCUT2D eigenvalue weighted by atomic mass is 9.89. The van der Waals surface area contributed by atoms with Gasteiger partial charge in [-0.25, -0.2) is 0 Å². The second kappa shape index (κ2) is 5.54. The first-order valence-corrected chi connectivity index (χ1v) is 6.18. The summed E-state index contributed by atoms with van der Waals surface area (Å²) in [7, 11) is 0. The SMILES string of the molecule is FC(F)(F)[C@@H](C1CCOCC1)N1CCNCC1. The van der Waals surface area contributed by atoms with Gasteiger partial charge in [0.15, 0.2) is 0 Å². The Kier molecular flexibility index (Phi) is 4.27. The first-order valence-electron chi connectivity index (χ1n) is 6.18. The molecule has 0 aliphatic carbocycles. The van der Waals surface area contributed by atoms with E-state index in [-0.39, 0.29) is 5.92 Å². The zero-order valence-corrected chi connectivity index (χ0v) is 9.80. The Balaban J connectivity index is 2.06. The molecule has 2 heterocycles. The predicted molar refractivity (Wildman–Crippen MR) is 57.8 cm³/mol. The van der Waals surface area contributed by atoms with Crippen LogP contribution in [0, 0.1) is 5.92 Å². The average Bonchev–Trinajstić information content (AvgIpc) is 2.30. The van der Waals surface area contributed by atoms with Crippen LogP contribution in [-0.2, 0) is 4.74 Å². The lowest BCUT2D eigenvalue weighted by molar-refractivity contribution is -0.205. The number of halogens is 3. The second-order valence-corrected chi connectivity index (χ2v) is 4.72. The molecule has 0 aromatic carbocycles. The number of nitrogens with one attached hydrogen (secondary N) is 1. The number of hydrogen-bond acceptors (Lipinski definition) is 3. The second-order valence-electron chi connectivity index (χ2n) is 4.72. The topological polar surface area (TPSA) is 24.5 Å². The van der Waals surface area contributed by atoms with Crippen LogP contribution < -0.4 is 5.32 Å². The van der Waals surface area contributed by atoms with Gasteiger partial charge >= 0.3 is 6.18 Å². The summed E-state index contributed by atoms with van der Waals surface area (Å²) >= 11 is 0. The molecule has 0 aromatic heterocycles. The highest BCUT2D eigenvalue weighted by atomic mass is 19.4. The van der Waals surface area contributed by atoms with Crippen molar-refractivity contribution in [2.75, 3.05) is 39.4 Å². The van der Waals surface area contributed by atoms with Gasteiger partial charge in [0.25, 0.3) is 0 Å². The molecule has 0 amide bonds. The van der Waals surface area contributed by atoms with Crippen LogP contribution in [0.15, 0.2) is 0 Å². The minimum atomic E-state index is -4.13. The summed E-state index contributed by atoms with van der Waals surface area (Å²) in [5.74, 6) is -0.304. The van der Waals surface area contributed by atoms with E-state index >= 15 is 0 Å². The Labute approximate surface area is 99.3 Å². The van der Waals surface area contributed by atoms with Crippen LogP contribution >= 0.6 is 0 Å². The molecular weight excluding hydrogens is 233 g/mol. The largest absolute Gasteiger partial charge is 0.404 e. The molecule has 2 fully saturated rings. The van der Waals surface area contributed by atoms with Crippen LogP contribution in [0.3, 0.4) is 0 Å². The van der Waals surface area contributed by atoms with Crippen LogP contribution in [0.1, 0.15) is 12.8 Å². The molecule has 100 valence electrons. The van der Waals surface area contributed by atoms with E-state index in [4.69, 9.17) is 4.74 Å². The quantitative estimate of drug-likeness (QED) is 0.800. The van der Waals surface area contributed by atoms with Gasteiger partial charge in [-0.15, -0.1) is 0 Å². The molecule has 2 aliphatic heterocycles. The monoisotopic (exact) mass is 252 g/mol. The number of piperazine rings is 1. The lowest BCUT2D eigenvalue weighted by Gasteiger charge is -2.41. The summed E-state index contributed by atoms with van der Waals surface area (Å²) in [5, 5.41) is 3.09. The summed E-state index contributed by atoms with van der Waals surface area (Å²) < 4.78 is 44.7. The third-order valence-electron chi connectivity index (χ3n) is 3.59. The molecule has 1 N–H and O–H groups in total. The van der Waals surface area contributed by atoms with E-state index in [2.05, 4.69) is 5.32 Å². The van der Waals surface area contributed by atoms with E-state index in [0.717, 1.165) is 0 Å². The Bertz CT molecular complexity index is 217. The molecule has 3 nitrogen and oxygen atoms in total. The van der Waals surface area contributed by atoms with E-state index in [1.54, 1.807) is 4.90 Å². The molecule has 0 radical (unpaired) electrons. The third-order valence-corrected chi connectivity index (χ3v) is 3.59. The van der Waals surface area contributed by atoms with E-state index in [9.17, 15) is 13.2 Å². The van der Waals surface area contributed by atoms with E-state index in [1.807, 2.05) is 0 Å². The number of rotatable bonds is 2. The molecule has 0 bridgehead atoms. The number of ether oxygens (including phenoxy) is 1. The predicted octanol–water partition coefficient (Wildman–Crippen LogP) is 1.25. The highest BCUT2D eigenvalue weighted by molar-refractivity contribution is 4.88. The zero-order chi connectivity index (χ0) is 12.3. The van der Waals surface area contributed by atoms with Gasteiger partial charge in [-0.3, -0.25) is 4.90 Å². The van der Waals surface area contributed by atoms with E-state index in [1.165, 1.54) is 0 Å². The summed E-state index contributed by atoms with van der Waals surface area (Å²) in [6, 6.07) is -1.28. The van der Waals surface area contributed by atoms with Crippen LogP contribution in [0.5, 0.6) is 0 Å². The van der Waals surface area contributed by atoms with E-state index < -0.39 is 12.2 Å². The van der Waals surface area contributed by atoms with Crippen LogP contribution in [0.2, 0.25) is 0 Å². The number of hydrogen-bond donors (Lipinski definition) is 1. The molecule has 2 rings (SSSR count). The van der Waals surface area contributed by atoms with Crippen molar-refractivity contribution in [1.29, 1.82) is 0 Å². The van der Waals surface area contributed by atoms with Gasteiger partial charge in [0.2, 0.25) is 0 Å². The van der Waals surface area contributed by atoms with Crippen molar-refractivity contribution in [2.45, 2.75) is 25.1 Å². The highest BCUT2D eigenvalue weighted by Crippen LogP contribution is 2.35. The first kappa shape index (κ1) is 13.1. The fourth-order valence-corrected chi connectivity index (χ4v) is 2.76. The molecule has 1 atom stereocenters. The minimum absolute atomic E-state index is 0.304. The van der Waals surface area contributed by atoms with Crippen LogP contribution in [-0.4, -0.2) is 56.5 Å². The molecule has 0 saturated carbocycles. The van der Waals surface area contributed by atoms with Gasteiger partial charge in [-0.1, -0.05) is 0 Å². The van der Waals surface area contributed by atoms with Gasteiger partial charge in [-0.05, 0) is 18.8 Å². The Morgan fingerprint density at radius 3 is 2.24 bits per heavy atom. The van der Waals surface area contributed by atoms with E-state index in [0.29, 0.717) is 52.2 Å². The molecular formula is C11H19F3N2O. The van der Waals surface area contributed by atoms with Crippen LogP contribution in [0.25, 0.3) is 0 Å². The summed E-state index contributed by atoms with van der Waals surface area (Å²) in [4.78, 5) is 1.59. The van der Waals surface area contributed by atoms with Gasteiger partial charge in [0.1, 0.15) is 6.04 Å². The molecule has 6 heteroatoms. The Hall–Kier alpha value is -0.330. The molecule has 17 heavy (non-hydrogen) atoms. The standard InChI is InChI=1S/C11H19F3N2O/c12-11(13,14)10(9-1-7-17-8-2-9)16-5-3-15-4-6-16/h9-10,15H,1-8H2/t10-/m1/s1. The molecule has 2 saturated heterocycles. The van der Waals surface area contributed by atoms with Crippen molar-refractivity contribution >= 4 is 0 Å². The smallest absolute Gasteiger partial charge is 0.381 e. The van der Waals surface area contributed by atoms with Crippen LogP contribution in [0.4, 0.5) is 13.2 Å². The maximum Gasteiger partial charge on any atom is 0.404 e. The van der Waals surface area contributed by atoms with Crippen molar-refractivity contribution in [3.8, 4) is 0 Å². The van der Waals surface area contributed by atoms with Gasteiger partial charge < -0.3 is 10.1 Å². The fraction of sp³-hybridized carbons (Fsp3) is 1.00. The van der Waals surface area contributed by atoms with Gasteiger partial charge in [-0.2, -0.15) is 13.2 Å². The molecule has 2 aliphatic rings. The maximum absolute atomic E-state index is 13.2. The highest BCUT2D eigenvalue weighted by Gasteiger charge is 2.48.